The number of rotatable bonds is 4. The second kappa shape index (κ2) is 8.52. The van der Waals surface area contributed by atoms with Gasteiger partial charge in [0.15, 0.2) is 0 Å². The van der Waals surface area contributed by atoms with Crippen molar-refractivity contribution in [3.63, 3.8) is 0 Å². The Balaban J connectivity index is 2.11. The molecule has 0 heterocycles. The van der Waals surface area contributed by atoms with Crippen LogP contribution in [0.1, 0.15) is 56.6 Å². The number of halogens is 1. The summed E-state index contributed by atoms with van der Waals surface area (Å²) in [6, 6.07) is 4.02. The Hall–Kier alpha value is -1.55. The minimum Gasteiger partial charge on any atom is -0.352 e. The molecule has 1 fully saturated rings. The average Bonchev–Trinajstić information content (AvgIpc) is 2.73. The predicted molar refractivity (Wildman–Crippen MR) is 98.6 cm³/mol. The van der Waals surface area contributed by atoms with Crippen LogP contribution in [0.4, 0.5) is 5.69 Å². The van der Waals surface area contributed by atoms with Crippen molar-refractivity contribution in [2.24, 2.45) is 0 Å². The molecule has 1 aromatic carbocycles. The van der Waals surface area contributed by atoms with Crippen LogP contribution in [0.5, 0.6) is 0 Å². The van der Waals surface area contributed by atoms with Crippen LogP contribution in [0.25, 0.3) is 0 Å². The summed E-state index contributed by atoms with van der Waals surface area (Å²) in [6.45, 7) is 5.34. The number of anilines is 1. The third-order valence-corrected chi connectivity index (χ3v) is 4.86. The molecule has 1 saturated carbocycles. The fraction of sp³-hybridized carbons (Fsp3) is 0.579. The van der Waals surface area contributed by atoms with Crippen molar-refractivity contribution in [2.45, 2.75) is 65.3 Å². The maximum atomic E-state index is 12.5. The van der Waals surface area contributed by atoms with E-state index in [4.69, 9.17) is 11.6 Å². The van der Waals surface area contributed by atoms with Crippen LogP contribution in [0.3, 0.4) is 0 Å². The van der Waals surface area contributed by atoms with Crippen LogP contribution in [-0.4, -0.2) is 24.4 Å². The van der Waals surface area contributed by atoms with E-state index in [0.717, 1.165) is 36.8 Å². The summed E-state index contributed by atoms with van der Waals surface area (Å²) in [5, 5.41) is 3.59. The molecule has 1 aliphatic carbocycles. The van der Waals surface area contributed by atoms with E-state index in [9.17, 15) is 9.59 Å². The van der Waals surface area contributed by atoms with Gasteiger partial charge in [0.25, 0.3) is 0 Å². The number of aryl methyl sites for hydroxylation is 2. The highest BCUT2D eigenvalue weighted by Crippen LogP contribution is 2.31. The summed E-state index contributed by atoms with van der Waals surface area (Å²) >= 11 is 6.34. The Kier molecular flexibility index (Phi) is 6.67. The molecule has 2 amide bonds. The summed E-state index contributed by atoms with van der Waals surface area (Å²) in [5.74, 6) is -0.298. The molecule has 0 bridgehead atoms. The van der Waals surface area contributed by atoms with Gasteiger partial charge >= 0.3 is 0 Å². The topological polar surface area (TPSA) is 49.4 Å². The summed E-state index contributed by atoms with van der Waals surface area (Å²) in [6.07, 6.45) is 6.84. The van der Waals surface area contributed by atoms with E-state index >= 15 is 0 Å². The van der Waals surface area contributed by atoms with E-state index in [1.54, 1.807) is 0 Å². The molecule has 0 spiro atoms. The second-order valence-corrected chi connectivity index (χ2v) is 7.18. The number of nitrogens with zero attached hydrogens (tertiary/aromatic N) is 1. The molecule has 1 aliphatic rings. The van der Waals surface area contributed by atoms with E-state index in [-0.39, 0.29) is 24.4 Å². The largest absolute Gasteiger partial charge is 0.352 e. The molecular formula is C19H27ClN2O2. The Morgan fingerprint density at radius 1 is 1.17 bits per heavy atom. The lowest BCUT2D eigenvalue weighted by atomic mass is 10.1. The minimum absolute atomic E-state index is 0.00938. The SMILES string of the molecule is CC(=O)N(CC(=O)NC1CCCCCC1)c1c(C)cc(C)cc1Cl. The normalized spacial score (nSPS) is 15.7. The zero-order valence-electron chi connectivity index (χ0n) is 14.8. The van der Waals surface area contributed by atoms with E-state index < -0.39 is 0 Å². The summed E-state index contributed by atoms with van der Waals surface area (Å²) in [7, 11) is 0. The first-order chi connectivity index (χ1) is 11.4. The van der Waals surface area contributed by atoms with Gasteiger partial charge in [-0.05, 0) is 43.9 Å². The van der Waals surface area contributed by atoms with Gasteiger partial charge in [-0.25, -0.2) is 0 Å². The average molecular weight is 351 g/mol. The molecule has 4 nitrogen and oxygen atoms in total. The van der Waals surface area contributed by atoms with Crippen molar-refractivity contribution < 1.29 is 9.59 Å². The lowest BCUT2D eigenvalue weighted by Gasteiger charge is -2.25. The fourth-order valence-corrected chi connectivity index (χ4v) is 3.86. The molecule has 0 saturated heterocycles. The van der Waals surface area contributed by atoms with Crippen LogP contribution in [0.15, 0.2) is 12.1 Å². The molecule has 0 aliphatic heterocycles. The third kappa shape index (κ3) is 4.97. The van der Waals surface area contributed by atoms with E-state index in [0.29, 0.717) is 10.7 Å². The first kappa shape index (κ1) is 18.8. The van der Waals surface area contributed by atoms with Crippen LogP contribution >= 0.6 is 11.6 Å². The quantitative estimate of drug-likeness (QED) is 0.829. The number of amides is 2. The zero-order valence-corrected chi connectivity index (χ0v) is 15.6. The Bertz CT molecular complexity index is 584. The van der Waals surface area contributed by atoms with Gasteiger partial charge in [-0.3, -0.25) is 9.59 Å². The molecule has 132 valence electrons. The lowest BCUT2D eigenvalue weighted by Crippen LogP contribution is -2.44. The van der Waals surface area contributed by atoms with Gasteiger partial charge in [-0.1, -0.05) is 43.4 Å². The Morgan fingerprint density at radius 3 is 2.33 bits per heavy atom. The van der Waals surface area contributed by atoms with E-state index in [1.165, 1.54) is 24.7 Å². The summed E-state index contributed by atoms with van der Waals surface area (Å²) in [4.78, 5) is 26.0. The molecule has 0 atom stereocenters. The van der Waals surface area contributed by atoms with E-state index in [2.05, 4.69) is 5.32 Å². The summed E-state index contributed by atoms with van der Waals surface area (Å²) < 4.78 is 0. The zero-order chi connectivity index (χ0) is 17.7. The molecule has 0 unspecified atom stereocenters. The van der Waals surface area contributed by atoms with Gasteiger partial charge < -0.3 is 10.2 Å². The van der Waals surface area contributed by atoms with Crippen molar-refractivity contribution in [1.29, 1.82) is 0 Å². The Morgan fingerprint density at radius 2 is 1.79 bits per heavy atom. The number of benzene rings is 1. The Labute approximate surface area is 149 Å². The predicted octanol–water partition coefficient (Wildman–Crippen LogP) is 4.15. The standard InChI is InChI=1S/C19H27ClN2O2/c1-13-10-14(2)19(17(20)11-13)22(15(3)23)12-18(24)21-16-8-6-4-5-7-9-16/h10-11,16H,4-9,12H2,1-3H3,(H,21,24). The molecule has 1 N–H and O–H groups in total. The molecule has 5 heteroatoms. The number of carbonyl (C=O) groups is 2. The monoisotopic (exact) mass is 350 g/mol. The van der Waals surface area contributed by atoms with E-state index in [1.807, 2.05) is 26.0 Å². The third-order valence-electron chi connectivity index (χ3n) is 4.57. The van der Waals surface area contributed by atoms with Crippen LogP contribution in [0, 0.1) is 13.8 Å². The molecule has 0 radical (unpaired) electrons. The lowest BCUT2D eigenvalue weighted by molar-refractivity contribution is -0.123. The second-order valence-electron chi connectivity index (χ2n) is 6.77. The highest BCUT2D eigenvalue weighted by molar-refractivity contribution is 6.34. The smallest absolute Gasteiger partial charge is 0.240 e. The molecule has 1 aromatic rings. The number of nitrogens with one attached hydrogen (secondary N) is 1. The molecule has 0 aromatic heterocycles. The van der Waals surface area contributed by atoms with Crippen molar-refractivity contribution in [2.75, 3.05) is 11.4 Å². The van der Waals surface area contributed by atoms with Gasteiger partial charge in [0, 0.05) is 13.0 Å². The number of hydrogen-bond acceptors (Lipinski definition) is 2. The van der Waals surface area contributed by atoms with Gasteiger partial charge in [-0.2, -0.15) is 0 Å². The molecule has 24 heavy (non-hydrogen) atoms. The van der Waals surface area contributed by atoms with Crippen molar-refractivity contribution in [3.8, 4) is 0 Å². The van der Waals surface area contributed by atoms with Crippen molar-refractivity contribution in [1.82, 2.24) is 5.32 Å². The first-order valence-electron chi connectivity index (χ1n) is 8.72. The number of carbonyl (C=O) groups excluding carboxylic acids is 2. The maximum Gasteiger partial charge on any atom is 0.240 e. The van der Waals surface area contributed by atoms with Crippen LogP contribution in [-0.2, 0) is 9.59 Å². The molecular weight excluding hydrogens is 324 g/mol. The van der Waals surface area contributed by atoms with Crippen LogP contribution < -0.4 is 10.2 Å². The highest BCUT2D eigenvalue weighted by atomic mass is 35.5. The fourth-order valence-electron chi connectivity index (χ4n) is 3.44. The van der Waals surface area contributed by atoms with Crippen molar-refractivity contribution in [3.05, 3.63) is 28.3 Å². The van der Waals surface area contributed by atoms with Gasteiger partial charge in [0.1, 0.15) is 6.54 Å². The number of hydrogen-bond donors (Lipinski definition) is 1. The highest BCUT2D eigenvalue weighted by Gasteiger charge is 2.22. The van der Waals surface area contributed by atoms with Crippen LogP contribution in [0.2, 0.25) is 5.02 Å². The maximum absolute atomic E-state index is 12.5. The van der Waals surface area contributed by atoms with Gasteiger partial charge in [0.2, 0.25) is 11.8 Å². The first-order valence-corrected chi connectivity index (χ1v) is 9.10. The molecule has 2 rings (SSSR count). The van der Waals surface area contributed by atoms with Gasteiger partial charge in [-0.15, -0.1) is 0 Å². The van der Waals surface area contributed by atoms with Crippen molar-refractivity contribution >= 4 is 29.1 Å². The minimum atomic E-state index is -0.181. The van der Waals surface area contributed by atoms with Gasteiger partial charge in [0.05, 0.1) is 10.7 Å². The summed E-state index contributed by atoms with van der Waals surface area (Å²) in [5.41, 5.74) is 2.57.